The molecular weight excluding hydrogens is 411 g/mol. The molecular formula is C18H18F3N3O4S. The number of anilines is 1. The van der Waals surface area contributed by atoms with Gasteiger partial charge in [0.1, 0.15) is 5.69 Å². The van der Waals surface area contributed by atoms with Gasteiger partial charge in [-0.2, -0.15) is 13.2 Å². The number of primary sulfonamides is 1. The van der Waals surface area contributed by atoms with Gasteiger partial charge in [-0.05, 0) is 49.1 Å². The van der Waals surface area contributed by atoms with E-state index in [0.717, 1.165) is 30.7 Å². The third kappa shape index (κ3) is 4.51. The largest absolute Gasteiger partial charge is 0.416 e. The number of halogens is 3. The van der Waals surface area contributed by atoms with Gasteiger partial charge in [0, 0.05) is 12.6 Å². The Morgan fingerprint density at radius 3 is 2.48 bits per heavy atom. The predicted molar refractivity (Wildman–Crippen MR) is 99.9 cm³/mol. The molecule has 3 rings (SSSR count). The van der Waals surface area contributed by atoms with Gasteiger partial charge in [-0.15, -0.1) is 0 Å². The minimum absolute atomic E-state index is 0.143. The molecule has 0 aromatic heterocycles. The zero-order valence-electron chi connectivity index (χ0n) is 15.1. The van der Waals surface area contributed by atoms with E-state index < -0.39 is 43.3 Å². The van der Waals surface area contributed by atoms with Gasteiger partial charge in [0.25, 0.3) is 5.69 Å². The molecule has 0 bridgehead atoms. The van der Waals surface area contributed by atoms with Gasteiger partial charge in [0.2, 0.25) is 10.0 Å². The molecule has 156 valence electrons. The molecule has 1 heterocycles. The zero-order chi connectivity index (χ0) is 21.4. The highest BCUT2D eigenvalue weighted by atomic mass is 32.2. The lowest BCUT2D eigenvalue weighted by Gasteiger charge is -2.37. The summed E-state index contributed by atoms with van der Waals surface area (Å²) in [5.41, 5.74) is -0.719. The number of rotatable bonds is 4. The molecule has 1 unspecified atom stereocenters. The molecule has 1 aliphatic rings. The van der Waals surface area contributed by atoms with Crippen LogP contribution in [0.15, 0.2) is 47.4 Å². The van der Waals surface area contributed by atoms with Crippen LogP contribution in [0.2, 0.25) is 0 Å². The van der Waals surface area contributed by atoms with Crippen molar-refractivity contribution in [1.29, 1.82) is 0 Å². The second-order valence-corrected chi connectivity index (χ2v) is 8.34. The number of nitrogens with two attached hydrogens (primary N) is 1. The molecule has 1 saturated heterocycles. The topological polar surface area (TPSA) is 107 Å². The smallest absolute Gasteiger partial charge is 0.359 e. The van der Waals surface area contributed by atoms with Gasteiger partial charge in [0.05, 0.1) is 21.4 Å². The van der Waals surface area contributed by atoms with Gasteiger partial charge in [-0.25, -0.2) is 13.6 Å². The van der Waals surface area contributed by atoms with Gasteiger partial charge in [0.15, 0.2) is 0 Å². The van der Waals surface area contributed by atoms with Crippen LogP contribution in [-0.2, 0) is 16.2 Å². The van der Waals surface area contributed by atoms with E-state index in [4.69, 9.17) is 5.14 Å². The van der Waals surface area contributed by atoms with Gasteiger partial charge in [-0.1, -0.05) is 12.1 Å². The minimum Gasteiger partial charge on any atom is -0.359 e. The van der Waals surface area contributed by atoms with E-state index >= 15 is 0 Å². The van der Waals surface area contributed by atoms with Crippen LogP contribution in [0.25, 0.3) is 0 Å². The summed E-state index contributed by atoms with van der Waals surface area (Å²) < 4.78 is 62.4. The third-order valence-electron chi connectivity index (χ3n) is 4.88. The molecule has 2 N–H and O–H groups in total. The predicted octanol–water partition coefficient (Wildman–Crippen LogP) is 3.99. The molecule has 2 aromatic carbocycles. The molecule has 0 radical (unpaired) electrons. The Morgan fingerprint density at radius 2 is 1.86 bits per heavy atom. The molecule has 7 nitrogen and oxygen atoms in total. The summed E-state index contributed by atoms with van der Waals surface area (Å²) in [6.07, 6.45) is -2.54. The molecule has 0 aliphatic carbocycles. The van der Waals surface area contributed by atoms with Crippen LogP contribution in [-0.4, -0.2) is 19.9 Å². The van der Waals surface area contributed by atoms with Crippen molar-refractivity contribution in [2.75, 3.05) is 11.4 Å². The molecule has 1 fully saturated rings. The second-order valence-electron chi connectivity index (χ2n) is 6.78. The SMILES string of the molecule is NS(=O)(=O)c1ccc(N2CCCCC2c2cccc(C(F)(F)F)c2)c([N+](=O)[O-])c1. The van der Waals surface area contributed by atoms with Gasteiger partial charge in [-0.3, -0.25) is 10.1 Å². The lowest BCUT2D eigenvalue weighted by molar-refractivity contribution is -0.384. The standard InChI is InChI=1S/C18H18F3N3O4S/c19-18(20,21)13-5-3-4-12(10-13)15-6-1-2-9-23(15)16-8-7-14(29(22,27)28)11-17(16)24(25)26/h3-5,7-8,10-11,15H,1-2,6,9H2,(H2,22,27,28). The van der Waals surface area contributed by atoms with Crippen molar-refractivity contribution < 1.29 is 26.5 Å². The molecule has 0 saturated carbocycles. The summed E-state index contributed by atoms with van der Waals surface area (Å²) in [6.45, 7) is 0.385. The van der Waals surface area contributed by atoms with Gasteiger partial charge < -0.3 is 4.90 Å². The Morgan fingerprint density at radius 1 is 1.14 bits per heavy atom. The number of nitro groups is 1. The quantitative estimate of drug-likeness (QED) is 0.584. The van der Waals surface area contributed by atoms with Crippen LogP contribution in [0, 0.1) is 10.1 Å². The zero-order valence-corrected chi connectivity index (χ0v) is 15.9. The number of alkyl halides is 3. The summed E-state index contributed by atoms with van der Waals surface area (Å²) in [4.78, 5) is 12.1. The van der Waals surface area contributed by atoms with E-state index in [0.29, 0.717) is 24.9 Å². The molecule has 1 aliphatic heterocycles. The summed E-state index contributed by atoms with van der Waals surface area (Å²) in [7, 11) is -4.14. The third-order valence-corrected chi connectivity index (χ3v) is 5.79. The maximum absolute atomic E-state index is 13.1. The van der Waals surface area contributed by atoms with Crippen molar-refractivity contribution in [3.63, 3.8) is 0 Å². The highest BCUT2D eigenvalue weighted by molar-refractivity contribution is 7.89. The molecule has 2 aromatic rings. The van der Waals surface area contributed by atoms with Crippen molar-refractivity contribution >= 4 is 21.4 Å². The van der Waals surface area contributed by atoms with Crippen molar-refractivity contribution in [3.05, 3.63) is 63.7 Å². The Hall–Kier alpha value is -2.66. The summed E-state index contributed by atoms with van der Waals surface area (Å²) in [6, 6.07) is 7.70. The van der Waals surface area contributed by atoms with Crippen LogP contribution in [0.4, 0.5) is 24.5 Å². The molecule has 11 heteroatoms. The number of benzene rings is 2. The molecule has 0 amide bonds. The monoisotopic (exact) mass is 429 g/mol. The lowest BCUT2D eigenvalue weighted by atomic mass is 9.93. The fourth-order valence-corrected chi connectivity index (χ4v) is 4.09. The average molecular weight is 429 g/mol. The van der Waals surface area contributed by atoms with Crippen molar-refractivity contribution in [2.24, 2.45) is 5.14 Å². The number of nitro benzene ring substituents is 1. The van der Waals surface area contributed by atoms with E-state index in [9.17, 15) is 31.7 Å². The first-order valence-corrected chi connectivity index (χ1v) is 10.3. The number of sulfonamides is 1. The number of hydrogen-bond donors (Lipinski definition) is 1. The molecule has 29 heavy (non-hydrogen) atoms. The van der Waals surface area contributed by atoms with Crippen LogP contribution in [0.5, 0.6) is 0 Å². The van der Waals surface area contributed by atoms with Crippen molar-refractivity contribution in [3.8, 4) is 0 Å². The first-order chi connectivity index (χ1) is 13.5. The maximum atomic E-state index is 13.1. The Bertz CT molecular complexity index is 1040. The minimum atomic E-state index is -4.50. The second kappa shape index (κ2) is 7.64. The fourth-order valence-electron chi connectivity index (χ4n) is 3.56. The van der Waals surface area contributed by atoms with E-state index in [1.54, 1.807) is 11.0 Å². The summed E-state index contributed by atoms with van der Waals surface area (Å²) >= 11 is 0. The fraction of sp³-hybridized carbons (Fsp3) is 0.333. The molecule has 0 spiro atoms. The Balaban J connectivity index is 2.08. The molecule has 1 atom stereocenters. The van der Waals surface area contributed by atoms with E-state index in [-0.39, 0.29) is 5.69 Å². The van der Waals surface area contributed by atoms with Crippen LogP contribution in [0.3, 0.4) is 0 Å². The van der Waals surface area contributed by atoms with Crippen LogP contribution < -0.4 is 10.0 Å². The highest BCUT2D eigenvalue weighted by Gasteiger charge is 2.34. The maximum Gasteiger partial charge on any atom is 0.416 e. The summed E-state index contributed by atoms with van der Waals surface area (Å²) in [5.74, 6) is 0. The number of nitrogens with zero attached hydrogens (tertiary/aromatic N) is 2. The van der Waals surface area contributed by atoms with Crippen molar-refractivity contribution in [1.82, 2.24) is 0 Å². The van der Waals surface area contributed by atoms with Crippen LogP contribution >= 0.6 is 0 Å². The van der Waals surface area contributed by atoms with Crippen molar-refractivity contribution in [2.45, 2.75) is 36.4 Å². The highest BCUT2D eigenvalue weighted by Crippen LogP contribution is 2.41. The lowest BCUT2D eigenvalue weighted by Crippen LogP contribution is -2.34. The Labute approximate surface area is 165 Å². The Kier molecular flexibility index (Phi) is 5.54. The normalized spacial score (nSPS) is 17.9. The van der Waals surface area contributed by atoms with E-state index in [1.807, 2.05) is 0 Å². The van der Waals surface area contributed by atoms with E-state index in [2.05, 4.69) is 0 Å². The van der Waals surface area contributed by atoms with Gasteiger partial charge >= 0.3 is 6.18 Å². The number of piperidine rings is 1. The van der Waals surface area contributed by atoms with E-state index in [1.165, 1.54) is 12.1 Å². The average Bonchev–Trinajstić information content (AvgIpc) is 2.66. The first-order valence-electron chi connectivity index (χ1n) is 8.73. The first kappa shape index (κ1) is 21.1. The number of hydrogen-bond acceptors (Lipinski definition) is 5. The van der Waals surface area contributed by atoms with Crippen LogP contribution in [0.1, 0.15) is 36.4 Å². The summed E-state index contributed by atoms with van der Waals surface area (Å²) in [5, 5.41) is 16.6.